The number of carbonyl (C=O) groups excluding carboxylic acids is 1. The fourth-order valence-corrected chi connectivity index (χ4v) is 6.26. The number of nitrogens with one attached hydrogen (secondary N) is 3. The van der Waals surface area contributed by atoms with Gasteiger partial charge in [-0.2, -0.15) is 5.10 Å². The maximum Gasteiger partial charge on any atom is 0.224 e. The molecule has 1 amide bonds. The minimum atomic E-state index is -0.357. The molecule has 0 spiro atoms. The third-order valence-corrected chi connectivity index (χ3v) is 8.47. The van der Waals surface area contributed by atoms with Crippen molar-refractivity contribution in [3.63, 3.8) is 0 Å². The Morgan fingerprint density at radius 3 is 2.57 bits per heavy atom. The lowest BCUT2D eigenvalue weighted by atomic mass is 9.92. The maximum atomic E-state index is 14.8. The summed E-state index contributed by atoms with van der Waals surface area (Å²) in [4.78, 5) is 27.2. The van der Waals surface area contributed by atoms with Crippen molar-refractivity contribution in [2.75, 3.05) is 31.6 Å². The van der Waals surface area contributed by atoms with Crippen LogP contribution in [0.1, 0.15) is 40.0 Å². The summed E-state index contributed by atoms with van der Waals surface area (Å²) in [5, 5.41) is 12.6. The van der Waals surface area contributed by atoms with E-state index in [0.29, 0.717) is 30.0 Å². The Balaban J connectivity index is 1.17. The number of aromatic amines is 2. The SMILES string of the molecule is CC(C)(C)CC(=O)Nc1cncc(-c2ccc3[nH]nc(-c4cc5c(-c6cc(F)cc(OCCN7CCCC7)c6)cncc5[nH]4)c3c2)c1. The molecule has 0 aliphatic carbocycles. The van der Waals surface area contributed by atoms with E-state index in [1.54, 1.807) is 24.8 Å². The van der Waals surface area contributed by atoms with Crippen LogP contribution in [0.3, 0.4) is 0 Å². The van der Waals surface area contributed by atoms with Gasteiger partial charge in [-0.3, -0.25) is 24.8 Å². The predicted octanol–water partition coefficient (Wildman–Crippen LogP) is 7.82. The topological polar surface area (TPSA) is 112 Å². The van der Waals surface area contributed by atoms with Crippen LogP contribution in [0, 0.1) is 11.2 Å². The van der Waals surface area contributed by atoms with Gasteiger partial charge in [0, 0.05) is 53.3 Å². The molecule has 4 aromatic heterocycles. The standard InChI is InChI=1S/C37H38FN7O2/c1-37(2,3)18-35(46)41-27-13-25(19-39-20-27)23-6-7-32-30(15-23)36(44-43-32)33-17-29-31(21-40-22-34(29)42-33)24-12-26(38)16-28(14-24)47-11-10-45-8-4-5-9-45/h6-7,12-17,19-22,42H,4-5,8-11,18H2,1-3H3,(H,41,46)(H,43,44). The van der Waals surface area contributed by atoms with Crippen molar-refractivity contribution in [3.05, 3.63) is 79.1 Å². The van der Waals surface area contributed by atoms with E-state index >= 15 is 0 Å². The summed E-state index contributed by atoms with van der Waals surface area (Å²) < 4.78 is 20.8. The molecule has 10 heteroatoms. The molecule has 0 unspecified atom stereocenters. The number of likely N-dealkylation sites (tertiary alicyclic amines) is 1. The number of halogens is 1. The summed E-state index contributed by atoms with van der Waals surface area (Å²) in [7, 11) is 0. The smallest absolute Gasteiger partial charge is 0.224 e. The lowest BCUT2D eigenvalue weighted by Gasteiger charge is -2.17. The van der Waals surface area contributed by atoms with Gasteiger partial charge in [0.1, 0.15) is 23.9 Å². The van der Waals surface area contributed by atoms with Gasteiger partial charge >= 0.3 is 0 Å². The Hall–Kier alpha value is -5.09. The number of benzene rings is 2. The highest BCUT2D eigenvalue weighted by atomic mass is 19.1. The van der Waals surface area contributed by atoms with Gasteiger partial charge in [0.25, 0.3) is 0 Å². The van der Waals surface area contributed by atoms with E-state index in [4.69, 9.17) is 4.74 Å². The van der Waals surface area contributed by atoms with Gasteiger partial charge in [-0.25, -0.2) is 4.39 Å². The number of nitrogens with zero attached hydrogens (tertiary/aromatic N) is 4. The minimum Gasteiger partial charge on any atom is -0.492 e. The molecule has 0 saturated carbocycles. The van der Waals surface area contributed by atoms with E-state index in [2.05, 4.69) is 41.4 Å². The van der Waals surface area contributed by atoms with Crippen molar-refractivity contribution in [2.45, 2.75) is 40.0 Å². The zero-order valence-corrected chi connectivity index (χ0v) is 26.9. The number of hydrogen-bond donors (Lipinski definition) is 3. The van der Waals surface area contributed by atoms with Crippen molar-refractivity contribution in [3.8, 4) is 39.4 Å². The van der Waals surface area contributed by atoms with Crippen LogP contribution in [0.2, 0.25) is 0 Å². The summed E-state index contributed by atoms with van der Waals surface area (Å²) in [6.07, 6.45) is 9.81. The predicted molar refractivity (Wildman–Crippen MR) is 184 cm³/mol. The van der Waals surface area contributed by atoms with Crippen molar-refractivity contribution >= 4 is 33.4 Å². The Labute approximate surface area is 272 Å². The summed E-state index contributed by atoms with van der Waals surface area (Å²) in [5.74, 6) is 0.103. The van der Waals surface area contributed by atoms with E-state index in [-0.39, 0.29) is 17.1 Å². The number of ether oxygens (including phenoxy) is 1. The first-order valence-corrected chi connectivity index (χ1v) is 16.1. The van der Waals surface area contributed by atoms with E-state index in [1.807, 2.05) is 51.1 Å². The van der Waals surface area contributed by atoms with Crippen LogP contribution in [0.25, 0.3) is 55.4 Å². The van der Waals surface area contributed by atoms with Gasteiger partial charge < -0.3 is 15.0 Å². The first-order valence-electron chi connectivity index (χ1n) is 16.1. The van der Waals surface area contributed by atoms with E-state index < -0.39 is 0 Å². The van der Waals surface area contributed by atoms with E-state index in [9.17, 15) is 9.18 Å². The average Bonchev–Trinajstić information content (AvgIpc) is 3.79. The van der Waals surface area contributed by atoms with Crippen LogP contribution in [0.15, 0.2) is 73.3 Å². The Kier molecular flexibility index (Phi) is 8.19. The first kappa shape index (κ1) is 30.6. The van der Waals surface area contributed by atoms with Gasteiger partial charge in [0.15, 0.2) is 0 Å². The second kappa shape index (κ2) is 12.6. The van der Waals surface area contributed by atoms with Gasteiger partial charge in [-0.1, -0.05) is 26.8 Å². The number of fused-ring (bicyclic) bond motifs is 2. The lowest BCUT2D eigenvalue weighted by Crippen LogP contribution is -2.25. The molecule has 1 saturated heterocycles. The zero-order valence-electron chi connectivity index (χ0n) is 26.9. The molecule has 1 fully saturated rings. The molecule has 5 heterocycles. The number of pyridine rings is 2. The Morgan fingerprint density at radius 2 is 1.74 bits per heavy atom. The molecule has 9 nitrogen and oxygen atoms in total. The number of hydrogen-bond acceptors (Lipinski definition) is 6. The molecule has 1 aliphatic rings. The average molecular weight is 632 g/mol. The van der Waals surface area contributed by atoms with Crippen molar-refractivity contribution < 1.29 is 13.9 Å². The van der Waals surface area contributed by atoms with Gasteiger partial charge in [-0.05, 0) is 78.9 Å². The lowest BCUT2D eigenvalue weighted by molar-refractivity contribution is -0.117. The molecular weight excluding hydrogens is 593 g/mol. The molecule has 0 radical (unpaired) electrons. The molecule has 2 aromatic carbocycles. The van der Waals surface area contributed by atoms with E-state index in [1.165, 1.54) is 25.0 Å². The maximum absolute atomic E-state index is 14.8. The second-order valence-corrected chi connectivity index (χ2v) is 13.5. The number of anilines is 1. The number of H-pyrrole nitrogens is 2. The molecule has 240 valence electrons. The highest BCUT2D eigenvalue weighted by Crippen LogP contribution is 2.36. The fraction of sp³-hybridized carbons (Fsp3) is 0.297. The van der Waals surface area contributed by atoms with Crippen LogP contribution in [0.4, 0.5) is 10.1 Å². The van der Waals surface area contributed by atoms with Crippen LogP contribution < -0.4 is 10.1 Å². The summed E-state index contributed by atoms with van der Waals surface area (Å²) in [5.41, 5.74) is 7.09. The number of aromatic nitrogens is 5. The molecule has 0 atom stereocenters. The van der Waals surface area contributed by atoms with Crippen LogP contribution in [-0.4, -0.2) is 62.2 Å². The first-order chi connectivity index (χ1) is 22.7. The zero-order chi connectivity index (χ0) is 32.5. The van der Waals surface area contributed by atoms with Gasteiger partial charge in [-0.15, -0.1) is 0 Å². The molecule has 3 N–H and O–H groups in total. The van der Waals surface area contributed by atoms with Crippen molar-refractivity contribution in [1.29, 1.82) is 0 Å². The monoisotopic (exact) mass is 631 g/mol. The quantitative estimate of drug-likeness (QED) is 0.150. The van der Waals surface area contributed by atoms with Crippen LogP contribution in [0.5, 0.6) is 5.75 Å². The van der Waals surface area contributed by atoms with Crippen LogP contribution in [-0.2, 0) is 4.79 Å². The third kappa shape index (κ3) is 6.88. The molecule has 7 rings (SSSR count). The molecular formula is C37H38FN7O2. The normalized spacial score (nSPS) is 13.9. The molecule has 0 bridgehead atoms. The summed E-state index contributed by atoms with van der Waals surface area (Å²) in [6, 6.07) is 14.8. The fourth-order valence-electron chi connectivity index (χ4n) is 6.26. The molecule has 6 aromatic rings. The van der Waals surface area contributed by atoms with Crippen molar-refractivity contribution in [1.82, 2.24) is 30.0 Å². The summed E-state index contributed by atoms with van der Waals surface area (Å²) >= 11 is 0. The molecule has 1 aliphatic heterocycles. The molecule has 47 heavy (non-hydrogen) atoms. The third-order valence-electron chi connectivity index (χ3n) is 8.47. The van der Waals surface area contributed by atoms with Crippen LogP contribution >= 0.6 is 0 Å². The summed E-state index contributed by atoms with van der Waals surface area (Å²) in [6.45, 7) is 9.64. The second-order valence-electron chi connectivity index (χ2n) is 13.5. The highest BCUT2D eigenvalue weighted by molar-refractivity contribution is 6.01. The van der Waals surface area contributed by atoms with Gasteiger partial charge in [0.2, 0.25) is 5.91 Å². The Bertz CT molecular complexity index is 2070. The minimum absolute atomic E-state index is 0.0452. The largest absolute Gasteiger partial charge is 0.492 e. The van der Waals surface area contributed by atoms with E-state index in [0.717, 1.165) is 69.5 Å². The number of amides is 1. The van der Waals surface area contributed by atoms with Crippen molar-refractivity contribution in [2.24, 2.45) is 5.41 Å². The number of carbonyl (C=O) groups is 1. The van der Waals surface area contributed by atoms with Gasteiger partial charge in [0.05, 0.1) is 34.8 Å². The Morgan fingerprint density at radius 1 is 0.915 bits per heavy atom. The highest BCUT2D eigenvalue weighted by Gasteiger charge is 2.18. The number of rotatable bonds is 9.